The minimum atomic E-state index is -4.74. The van der Waals surface area contributed by atoms with Gasteiger partial charge in [0, 0.05) is 43.3 Å². The summed E-state index contributed by atoms with van der Waals surface area (Å²) in [5.41, 5.74) is 3.15. The molecule has 0 saturated carbocycles. The van der Waals surface area contributed by atoms with Crippen LogP contribution >= 0.6 is 0 Å². The molecule has 1 aromatic heterocycles. The van der Waals surface area contributed by atoms with E-state index in [0.717, 1.165) is 55.0 Å². The number of likely N-dealkylation sites (N-methyl/N-ethyl adjacent to an activating group) is 1. The number of benzene rings is 2. The van der Waals surface area contributed by atoms with E-state index in [2.05, 4.69) is 32.8 Å². The van der Waals surface area contributed by atoms with Gasteiger partial charge in [0.15, 0.2) is 0 Å². The number of carbonyl (C=O) groups is 1. The number of nitrogens with one attached hydrogen (secondary N) is 1. The number of pyridine rings is 1. The average Bonchev–Trinajstić information content (AvgIpc) is 2.83. The van der Waals surface area contributed by atoms with E-state index in [1.54, 1.807) is 0 Å². The second-order valence-corrected chi connectivity index (χ2v) is 8.39. The molecule has 0 radical (unpaired) electrons. The summed E-state index contributed by atoms with van der Waals surface area (Å²) >= 11 is 0. The van der Waals surface area contributed by atoms with Crippen LogP contribution in [0.25, 0.3) is 17.0 Å². The Balaban J connectivity index is 1.41. The molecule has 6 nitrogen and oxygen atoms in total. The fraction of sp³-hybridized carbons (Fsp3) is 0.308. The highest BCUT2D eigenvalue weighted by Gasteiger charge is 2.30. The van der Waals surface area contributed by atoms with E-state index in [9.17, 15) is 18.0 Å². The fourth-order valence-electron chi connectivity index (χ4n) is 4.05. The van der Waals surface area contributed by atoms with Gasteiger partial charge >= 0.3 is 6.36 Å². The Morgan fingerprint density at radius 2 is 1.80 bits per heavy atom. The van der Waals surface area contributed by atoms with Crippen molar-refractivity contribution in [2.24, 2.45) is 0 Å². The Morgan fingerprint density at radius 3 is 2.46 bits per heavy atom. The number of halogens is 3. The molecular formula is C26H27F3N4O2. The number of hydrogen-bond acceptors (Lipinski definition) is 5. The Kier molecular flexibility index (Phi) is 7.25. The number of piperazine rings is 1. The van der Waals surface area contributed by atoms with E-state index in [1.807, 2.05) is 25.1 Å². The van der Waals surface area contributed by atoms with Crippen LogP contribution in [0.4, 0.5) is 24.7 Å². The largest absolute Gasteiger partial charge is 0.573 e. The van der Waals surface area contributed by atoms with Crippen molar-refractivity contribution in [1.82, 2.24) is 9.88 Å². The van der Waals surface area contributed by atoms with Gasteiger partial charge in [-0.05, 0) is 67.1 Å². The molecule has 0 unspecified atom stereocenters. The van der Waals surface area contributed by atoms with Gasteiger partial charge in [-0.25, -0.2) is 4.98 Å². The molecule has 1 N–H and O–H groups in total. The molecule has 35 heavy (non-hydrogen) atoms. The number of amides is 1. The molecule has 1 fully saturated rings. The maximum atomic E-state index is 12.4. The number of aromatic nitrogens is 1. The summed E-state index contributed by atoms with van der Waals surface area (Å²) in [4.78, 5) is 21.9. The van der Waals surface area contributed by atoms with Crippen molar-refractivity contribution in [2.45, 2.75) is 20.2 Å². The topological polar surface area (TPSA) is 57.7 Å². The van der Waals surface area contributed by atoms with Gasteiger partial charge in [0.1, 0.15) is 11.6 Å². The van der Waals surface area contributed by atoms with E-state index in [-0.39, 0.29) is 11.7 Å². The number of anilines is 2. The van der Waals surface area contributed by atoms with Crippen LogP contribution in [-0.2, 0) is 4.79 Å². The first-order chi connectivity index (χ1) is 16.7. The Hall–Kier alpha value is -3.59. The van der Waals surface area contributed by atoms with Crippen LogP contribution in [0.2, 0.25) is 0 Å². The van der Waals surface area contributed by atoms with Gasteiger partial charge in [-0.15, -0.1) is 13.2 Å². The Labute approximate surface area is 202 Å². The summed E-state index contributed by atoms with van der Waals surface area (Å²) in [7, 11) is 0. The van der Waals surface area contributed by atoms with Gasteiger partial charge < -0.3 is 19.9 Å². The summed E-state index contributed by atoms with van der Waals surface area (Å²) in [6.07, 6.45) is -1.89. The molecule has 2 aromatic carbocycles. The standard InChI is InChI=1S/C26H27F3N4O2/c1-3-32-12-14-33(15-13-32)24-16-18(2)22-17-20(7-10-23(22)31-24)30-25(34)11-6-19-4-8-21(9-5-19)35-26(27,28)29/h4-11,16-17H,3,12-15H2,1-2H3,(H,30,34). The predicted octanol–water partition coefficient (Wildman–Crippen LogP) is 5.24. The van der Waals surface area contributed by atoms with Crippen molar-refractivity contribution in [3.05, 3.63) is 65.7 Å². The molecule has 2 heterocycles. The van der Waals surface area contributed by atoms with Crippen molar-refractivity contribution >= 4 is 34.4 Å². The summed E-state index contributed by atoms with van der Waals surface area (Å²) < 4.78 is 40.6. The van der Waals surface area contributed by atoms with Crippen molar-refractivity contribution < 1.29 is 22.7 Å². The summed E-state index contributed by atoms with van der Waals surface area (Å²) in [6.45, 7) is 9.22. The zero-order valence-corrected chi connectivity index (χ0v) is 19.6. The lowest BCUT2D eigenvalue weighted by Crippen LogP contribution is -2.46. The minimum absolute atomic E-state index is 0.314. The van der Waals surface area contributed by atoms with E-state index >= 15 is 0 Å². The molecule has 0 aliphatic carbocycles. The SMILES string of the molecule is CCN1CCN(c2cc(C)c3cc(NC(=O)C=Cc4ccc(OC(F)(F)F)cc4)ccc3n2)CC1. The lowest BCUT2D eigenvalue weighted by atomic mass is 10.1. The molecule has 1 aliphatic heterocycles. The van der Waals surface area contributed by atoms with Crippen LogP contribution in [0.5, 0.6) is 5.75 Å². The zero-order valence-electron chi connectivity index (χ0n) is 19.6. The van der Waals surface area contributed by atoms with Gasteiger partial charge in [-0.1, -0.05) is 19.1 Å². The molecule has 3 aromatic rings. The van der Waals surface area contributed by atoms with E-state index < -0.39 is 6.36 Å². The molecule has 1 aliphatic rings. The molecule has 0 bridgehead atoms. The monoisotopic (exact) mass is 484 g/mol. The number of rotatable bonds is 6. The van der Waals surface area contributed by atoms with Crippen molar-refractivity contribution in [3.63, 3.8) is 0 Å². The summed E-state index contributed by atoms with van der Waals surface area (Å²) in [6, 6.07) is 13.0. The van der Waals surface area contributed by atoms with E-state index in [0.29, 0.717) is 11.3 Å². The molecule has 184 valence electrons. The summed E-state index contributed by atoms with van der Waals surface area (Å²) in [5.74, 6) is 0.304. The number of alkyl halides is 3. The van der Waals surface area contributed by atoms with E-state index in [4.69, 9.17) is 4.98 Å². The highest BCUT2D eigenvalue weighted by atomic mass is 19.4. The first-order valence-corrected chi connectivity index (χ1v) is 11.4. The molecule has 0 spiro atoms. The first kappa shape index (κ1) is 24.5. The normalized spacial score (nSPS) is 15.1. The van der Waals surface area contributed by atoms with Gasteiger partial charge in [-0.3, -0.25) is 4.79 Å². The third-order valence-corrected chi connectivity index (χ3v) is 5.95. The zero-order chi connectivity index (χ0) is 25.0. The lowest BCUT2D eigenvalue weighted by Gasteiger charge is -2.35. The van der Waals surface area contributed by atoms with Gasteiger partial charge in [0.25, 0.3) is 0 Å². The number of fused-ring (bicyclic) bond motifs is 1. The van der Waals surface area contributed by atoms with Crippen LogP contribution in [0.3, 0.4) is 0 Å². The van der Waals surface area contributed by atoms with Crippen LogP contribution < -0.4 is 15.0 Å². The molecule has 0 atom stereocenters. The molecule has 1 saturated heterocycles. The molecule has 1 amide bonds. The smallest absolute Gasteiger partial charge is 0.406 e. The quantitative estimate of drug-likeness (QED) is 0.486. The van der Waals surface area contributed by atoms with Crippen LogP contribution in [0.1, 0.15) is 18.1 Å². The fourth-order valence-corrected chi connectivity index (χ4v) is 4.05. The van der Waals surface area contributed by atoms with Crippen LogP contribution in [0.15, 0.2) is 54.6 Å². The predicted molar refractivity (Wildman–Crippen MR) is 132 cm³/mol. The maximum Gasteiger partial charge on any atom is 0.573 e. The Morgan fingerprint density at radius 1 is 1.09 bits per heavy atom. The molecule has 9 heteroatoms. The highest BCUT2D eigenvalue weighted by Crippen LogP contribution is 2.26. The van der Waals surface area contributed by atoms with Gasteiger partial charge in [-0.2, -0.15) is 0 Å². The van der Waals surface area contributed by atoms with Crippen molar-refractivity contribution in [1.29, 1.82) is 0 Å². The number of hydrogen-bond donors (Lipinski definition) is 1. The third kappa shape index (κ3) is 6.51. The van der Waals surface area contributed by atoms with E-state index in [1.165, 1.54) is 36.4 Å². The van der Waals surface area contributed by atoms with Crippen LogP contribution in [0, 0.1) is 6.92 Å². The lowest BCUT2D eigenvalue weighted by molar-refractivity contribution is -0.274. The highest BCUT2D eigenvalue weighted by molar-refractivity contribution is 6.03. The average molecular weight is 485 g/mol. The maximum absolute atomic E-state index is 12.4. The third-order valence-electron chi connectivity index (χ3n) is 5.95. The van der Waals surface area contributed by atoms with Crippen molar-refractivity contribution in [2.75, 3.05) is 42.9 Å². The number of nitrogens with zero attached hydrogens (tertiary/aromatic N) is 3. The minimum Gasteiger partial charge on any atom is -0.406 e. The number of ether oxygens (including phenoxy) is 1. The first-order valence-electron chi connectivity index (χ1n) is 11.4. The van der Waals surface area contributed by atoms with Gasteiger partial charge in [0.2, 0.25) is 5.91 Å². The van der Waals surface area contributed by atoms with Crippen molar-refractivity contribution in [3.8, 4) is 5.75 Å². The Bertz CT molecular complexity index is 1220. The molecule has 4 rings (SSSR count). The molecular weight excluding hydrogens is 457 g/mol. The second kappa shape index (κ2) is 10.4. The number of carbonyl (C=O) groups excluding carboxylic acids is 1. The number of aryl methyl sites for hydroxylation is 1. The van der Waals surface area contributed by atoms with Crippen LogP contribution in [-0.4, -0.2) is 54.9 Å². The summed E-state index contributed by atoms with van der Waals surface area (Å²) in [5, 5.41) is 3.78. The van der Waals surface area contributed by atoms with Gasteiger partial charge in [0.05, 0.1) is 5.52 Å². The second-order valence-electron chi connectivity index (χ2n) is 8.39.